The van der Waals surface area contributed by atoms with Gasteiger partial charge in [-0.3, -0.25) is 0 Å². The SMILES string of the molecule is CC(C)[C@@H](CO)Nc1ccc(OC(F)(F)F)cn1. The molecule has 0 fully saturated rings. The predicted octanol–water partition coefficient (Wildman–Crippen LogP) is 2.41. The zero-order valence-electron chi connectivity index (χ0n) is 10.0. The van der Waals surface area contributed by atoms with Gasteiger partial charge in [-0.25, -0.2) is 4.98 Å². The van der Waals surface area contributed by atoms with Gasteiger partial charge in [0.25, 0.3) is 0 Å². The zero-order chi connectivity index (χ0) is 13.8. The maximum Gasteiger partial charge on any atom is 0.573 e. The van der Waals surface area contributed by atoms with Crippen molar-refractivity contribution in [3.8, 4) is 5.75 Å². The molecule has 0 bridgehead atoms. The van der Waals surface area contributed by atoms with E-state index in [-0.39, 0.29) is 24.3 Å². The van der Waals surface area contributed by atoms with Crippen LogP contribution in [0.25, 0.3) is 0 Å². The van der Waals surface area contributed by atoms with Crippen molar-refractivity contribution in [3.63, 3.8) is 0 Å². The van der Waals surface area contributed by atoms with Crippen molar-refractivity contribution in [1.82, 2.24) is 4.98 Å². The van der Waals surface area contributed by atoms with Crippen LogP contribution in [0, 0.1) is 5.92 Å². The Labute approximate surface area is 103 Å². The Hall–Kier alpha value is -1.50. The Balaban J connectivity index is 2.65. The molecule has 1 atom stereocenters. The largest absolute Gasteiger partial charge is 0.573 e. The lowest BCUT2D eigenvalue weighted by Crippen LogP contribution is -2.29. The summed E-state index contributed by atoms with van der Waals surface area (Å²) in [6, 6.07) is 2.33. The van der Waals surface area contributed by atoms with Crippen LogP contribution < -0.4 is 10.1 Å². The highest BCUT2D eigenvalue weighted by Crippen LogP contribution is 2.22. The van der Waals surface area contributed by atoms with Gasteiger partial charge < -0.3 is 15.2 Å². The molecular weight excluding hydrogens is 249 g/mol. The Bertz CT molecular complexity index is 366. The lowest BCUT2D eigenvalue weighted by molar-refractivity contribution is -0.274. The molecule has 0 aliphatic rings. The standard InChI is InChI=1S/C11H15F3N2O2/c1-7(2)9(6-17)16-10-4-3-8(5-15-10)18-11(12,13)14/h3-5,7,9,17H,6H2,1-2H3,(H,15,16)/t9-/m1/s1. The molecule has 0 unspecified atom stereocenters. The summed E-state index contributed by atoms with van der Waals surface area (Å²) in [4.78, 5) is 3.79. The maximum absolute atomic E-state index is 11.9. The minimum absolute atomic E-state index is 0.0832. The first kappa shape index (κ1) is 14.6. The lowest BCUT2D eigenvalue weighted by Gasteiger charge is -2.20. The minimum atomic E-state index is -4.72. The summed E-state index contributed by atoms with van der Waals surface area (Å²) in [5.41, 5.74) is 0. The van der Waals surface area contributed by atoms with E-state index < -0.39 is 6.36 Å². The van der Waals surface area contributed by atoms with E-state index in [1.54, 1.807) is 0 Å². The van der Waals surface area contributed by atoms with Crippen LogP contribution in [0.15, 0.2) is 18.3 Å². The quantitative estimate of drug-likeness (QED) is 0.857. The summed E-state index contributed by atoms with van der Waals surface area (Å²) in [6.07, 6.45) is -3.74. The summed E-state index contributed by atoms with van der Waals surface area (Å²) in [5.74, 6) is 0.179. The molecule has 1 aromatic rings. The molecule has 0 radical (unpaired) electrons. The average Bonchev–Trinajstić information content (AvgIpc) is 2.25. The molecule has 7 heteroatoms. The molecule has 102 valence electrons. The van der Waals surface area contributed by atoms with Gasteiger partial charge in [0.2, 0.25) is 0 Å². The van der Waals surface area contributed by atoms with Crippen molar-refractivity contribution in [1.29, 1.82) is 0 Å². The maximum atomic E-state index is 11.9. The first-order chi connectivity index (χ1) is 8.31. The zero-order valence-corrected chi connectivity index (χ0v) is 10.0. The van der Waals surface area contributed by atoms with Gasteiger partial charge in [-0.05, 0) is 18.1 Å². The van der Waals surface area contributed by atoms with Crippen LogP contribution in [0.5, 0.6) is 5.75 Å². The molecule has 0 aliphatic heterocycles. The number of hydrogen-bond donors (Lipinski definition) is 2. The molecule has 0 aliphatic carbocycles. The number of hydrogen-bond acceptors (Lipinski definition) is 4. The Morgan fingerprint density at radius 2 is 2.06 bits per heavy atom. The van der Waals surface area contributed by atoms with E-state index in [1.165, 1.54) is 6.07 Å². The third-order valence-corrected chi connectivity index (χ3v) is 2.30. The normalized spacial score (nSPS) is 13.5. The molecule has 0 saturated heterocycles. The van der Waals surface area contributed by atoms with Crippen molar-refractivity contribution in [2.75, 3.05) is 11.9 Å². The van der Waals surface area contributed by atoms with Crippen molar-refractivity contribution >= 4 is 5.82 Å². The highest BCUT2D eigenvalue weighted by molar-refractivity contribution is 5.38. The number of pyridine rings is 1. The highest BCUT2D eigenvalue weighted by atomic mass is 19.4. The van der Waals surface area contributed by atoms with Gasteiger partial charge in [-0.2, -0.15) is 0 Å². The third-order valence-electron chi connectivity index (χ3n) is 2.30. The van der Waals surface area contributed by atoms with Crippen LogP contribution in [-0.4, -0.2) is 29.1 Å². The van der Waals surface area contributed by atoms with Crippen LogP contribution >= 0.6 is 0 Å². The van der Waals surface area contributed by atoms with Crippen molar-refractivity contribution in [3.05, 3.63) is 18.3 Å². The number of halogens is 3. The first-order valence-corrected chi connectivity index (χ1v) is 5.41. The molecule has 0 amide bonds. The second-order valence-electron chi connectivity index (χ2n) is 4.10. The van der Waals surface area contributed by atoms with E-state index in [4.69, 9.17) is 5.11 Å². The van der Waals surface area contributed by atoms with E-state index in [1.807, 2.05) is 13.8 Å². The summed E-state index contributed by atoms with van der Waals surface area (Å²) in [5, 5.41) is 12.0. The molecular formula is C11H15F3N2O2. The van der Waals surface area contributed by atoms with E-state index in [2.05, 4.69) is 15.0 Å². The van der Waals surface area contributed by atoms with Crippen LogP contribution in [0.4, 0.5) is 19.0 Å². The number of aliphatic hydroxyl groups excluding tert-OH is 1. The number of aliphatic hydroxyl groups is 1. The average molecular weight is 264 g/mol. The molecule has 4 nitrogen and oxygen atoms in total. The Morgan fingerprint density at radius 3 is 2.44 bits per heavy atom. The molecule has 0 saturated carbocycles. The summed E-state index contributed by atoms with van der Waals surface area (Å²) in [6.45, 7) is 3.74. The summed E-state index contributed by atoms with van der Waals surface area (Å²) >= 11 is 0. The minimum Gasteiger partial charge on any atom is -0.404 e. The van der Waals surface area contributed by atoms with Gasteiger partial charge in [0.15, 0.2) is 0 Å². The fraction of sp³-hybridized carbons (Fsp3) is 0.545. The number of aromatic nitrogens is 1. The Kier molecular flexibility index (Phi) is 4.77. The van der Waals surface area contributed by atoms with Crippen molar-refractivity contribution in [2.24, 2.45) is 5.92 Å². The second-order valence-corrected chi connectivity index (χ2v) is 4.10. The van der Waals surface area contributed by atoms with Gasteiger partial charge in [0.1, 0.15) is 11.6 Å². The van der Waals surface area contributed by atoms with Crippen LogP contribution in [-0.2, 0) is 0 Å². The number of ether oxygens (including phenoxy) is 1. The molecule has 0 aromatic carbocycles. The van der Waals surface area contributed by atoms with Gasteiger partial charge in [-0.1, -0.05) is 13.8 Å². The topological polar surface area (TPSA) is 54.4 Å². The van der Waals surface area contributed by atoms with Gasteiger partial charge in [0.05, 0.1) is 18.8 Å². The molecule has 0 spiro atoms. The Morgan fingerprint density at radius 1 is 1.39 bits per heavy atom. The molecule has 1 rings (SSSR count). The molecule has 2 N–H and O–H groups in total. The van der Waals surface area contributed by atoms with Gasteiger partial charge in [-0.15, -0.1) is 13.2 Å². The summed E-state index contributed by atoms with van der Waals surface area (Å²) in [7, 11) is 0. The number of anilines is 1. The second kappa shape index (κ2) is 5.90. The number of rotatable bonds is 5. The van der Waals surface area contributed by atoms with Gasteiger partial charge >= 0.3 is 6.36 Å². The highest BCUT2D eigenvalue weighted by Gasteiger charge is 2.31. The van der Waals surface area contributed by atoms with Crippen LogP contribution in [0.1, 0.15) is 13.8 Å². The molecule has 18 heavy (non-hydrogen) atoms. The molecule has 1 aromatic heterocycles. The molecule has 1 heterocycles. The number of nitrogens with one attached hydrogen (secondary N) is 1. The first-order valence-electron chi connectivity index (χ1n) is 5.41. The van der Waals surface area contributed by atoms with Crippen LogP contribution in [0.2, 0.25) is 0 Å². The summed E-state index contributed by atoms with van der Waals surface area (Å²) < 4.78 is 39.4. The fourth-order valence-corrected chi connectivity index (χ4v) is 1.27. The van der Waals surface area contributed by atoms with E-state index in [0.29, 0.717) is 5.82 Å². The lowest BCUT2D eigenvalue weighted by atomic mass is 10.1. The number of alkyl halides is 3. The van der Waals surface area contributed by atoms with Gasteiger partial charge in [0, 0.05) is 0 Å². The van der Waals surface area contributed by atoms with E-state index >= 15 is 0 Å². The van der Waals surface area contributed by atoms with Crippen molar-refractivity contribution in [2.45, 2.75) is 26.3 Å². The monoisotopic (exact) mass is 264 g/mol. The van der Waals surface area contributed by atoms with E-state index in [9.17, 15) is 13.2 Å². The smallest absolute Gasteiger partial charge is 0.404 e. The third kappa shape index (κ3) is 4.79. The fourth-order valence-electron chi connectivity index (χ4n) is 1.27. The van der Waals surface area contributed by atoms with Crippen molar-refractivity contribution < 1.29 is 23.0 Å². The van der Waals surface area contributed by atoms with Crippen LogP contribution in [0.3, 0.4) is 0 Å². The number of nitrogens with zero attached hydrogens (tertiary/aromatic N) is 1. The van der Waals surface area contributed by atoms with E-state index in [0.717, 1.165) is 12.3 Å². The predicted molar refractivity (Wildman–Crippen MR) is 60.3 cm³/mol.